The first-order valence-electron chi connectivity index (χ1n) is 8.28. The molecule has 1 aromatic carbocycles. The second-order valence-corrected chi connectivity index (χ2v) is 7.50. The lowest BCUT2D eigenvalue weighted by Crippen LogP contribution is -2.70. The molecular weight excluding hydrogens is 440 g/mol. The molecule has 0 aromatic heterocycles. The maximum atomic E-state index is 12.3. The zero-order chi connectivity index (χ0) is 21.7. The van der Waals surface area contributed by atoms with E-state index in [1.54, 1.807) is 24.3 Å². The minimum absolute atomic E-state index is 0. The van der Waals surface area contributed by atoms with Crippen molar-refractivity contribution in [2.45, 2.75) is 17.5 Å². The van der Waals surface area contributed by atoms with E-state index in [-0.39, 0.29) is 28.5 Å². The number of hydrogen-bond acceptors (Lipinski definition) is 7. The number of nitrogens with zero attached hydrogens (tertiary/aromatic N) is 1. The number of halogens is 1. The fourth-order valence-electron chi connectivity index (χ4n) is 2.64. The lowest BCUT2D eigenvalue weighted by molar-refractivity contribution is -0.150. The summed E-state index contributed by atoms with van der Waals surface area (Å²) >= 11 is 7.20. The molecule has 2 aliphatic heterocycles. The van der Waals surface area contributed by atoms with Crippen LogP contribution in [0.1, 0.15) is 11.6 Å². The normalized spacial score (nSPS) is 20.5. The highest BCUT2D eigenvalue weighted by molar-refractivity contribution is 8.00. The summed E-state index contributed by atoms with van der Waals surface area (Å²) in [5.41, 5.74) is 10.9. The zero-order valence-corrected chi connectivity index (χ0v) is 17.0. The highest BCUT2D eigenvalue weighted by Crippen LogP contribution is 2.41. The third-order valence-corrected chi connectivity index (χ3v) is 5.79. The van der Waals surface area contributed by atoms with Crippen LogP contribution in [-0.2, 0) is 19.2 Å². The van der Waals surface area contributed by atoms with E-state index in [0.717, 1.165) is 4.90 Å². The molecule has 2 amide bonds. The van der Waals surface area contributed by atoms with Crippen molar-refractivity contribution in [3.63, 3.8) is 0 Å². The maximum Gasteiger partial charge on any atom is 0.353 e. The summed E-state index contributed by atoms with van der Waals surface area (Å²) in [6.45, 7) is -0.278. The number of nitrogens with two attached hydrogens (primary N) is 2. The summed E-state index contributed by atoms with van der Waals surface area (Å²) in [5.74, 6) is -2.95. The van der Waals surface area contributed by atoms with E-state index in [2.05, 4.69) is 11.1 Å². The number of aliphatic carboxylic acids is 2. The Kier molecular flexibility index (Phi) is 9.26. The Balaban J connectivity index is 0.000000674. The molecule has 0 unspecified atom stereocenters. The molecular formula is C17H21ClN4O7S. The van der Waals surface area contributed by atoms with Crippen molar-refractivity contribution < 1.29 is 34.9 Å². The van der Waals surface area contributed by atoms with Crippen LogP contribution in [-0.4, -0.2) is 68.1 Å². The van der Waals surface area contributed by atoms with Crippen molar-refractivity contribution in [2.24, 2.45) is 11.5 Å². The third-order valence-electron chi connectivity index (χ3n) is 4.04. The van der Waals surface area contributed by atoms with E-state index in [0.29, 0.717) is 5.56 Å². The minimum Gasteiger partial charge on any atom is -0.480 e. The molecule has 2 heterocycles. The molecule has 1 aromatic rings. The highest BCUT2D eigenvalue weighted by Gasteiger charge is 2.54. The van der Waals surface area contributed by atoms with Gasteiger partial charge < -0.3 is 32.5 Å². The van der Waals surface area contributed by atoms with Crippen molar-refractivity contribution in [1.82, 2.24) is 10.2 Å². The maximum absolute atomic E-state index is 12.3. The Morgan fingerprint density at radius 3 is 2.33 bits per heavy atom. The first-order chi connectivity index (χ1) is 13.7. The van der Waals surface area contributed by atoms with Crippen molar-refractivity contribution >= 4 is 47.1 Å². The third kappa shape index (κ3) is 5.49. The fraction of sp³-hybridized carbons (Fsp3) is 0.294. The number of thioether (sulfide) groups is 1. The number of carboxylic acid groups (broad SMARTS) is 2. The second kappa shape index (κ2) is 10.9. The van der Waals surface area contributed by atoms with Crippen LogP contribution >= 0.6 is 23.4 Å². The minimum atomic E-state index is -1.26. The number of fused-ring (bicyclic) bond motifs is 1. The van der Waals surface area contributed by atoms with Gasteiger partial charge in [-0.25, -0.2) is 4.79 Å². The van der Waals surface area contributed by atoms with Crippen LogP contribution < -0.4 is 16.8 Å². The van der Waals surface area contributed by atoms with Crippen molar-refractivity contribution in [3.05, 3.63) is 46.6 Å². The summed E-state index contributed by atoms with van der Waals surface area (Å²) in [7, 11) is 0. The predicted molar refractivity (Wildman–Crippen MR) is 109 cm³/mol. The molecule has 1 fully saturated rings. The van der Waals surface area contributed by atoms with Crippen LogP contribution in [0, 0.1) is 0 Å². The monoisotopic (exact) mass is 460 g/mol. The van der Waals surface area contributed by atoms with Gasteiger partial charge in [0.1, 0.15) is 23.2 Å². The number of amides is 2. The van der Waals surface area contributed by atoms with Gasteiger partial charge in [-0.3, -0.25) is 19.3 Å². The quantitative estimate of drug-likeness (QED) is 0.334. The molecule has 0 bridgehead atoms. The van der Waals surface area contributed by atoms with Gasteiger partial charge in [-0.05, 0) is 5.56 Å². The van der Waals surface area contributed by atoms with Crippen molar-refractivity contribution in [2.75, 3.05) is 12.3 Å². The standard InChI is InChI=1S/C15H14ClN3O4S.C2H5NO2.H2O/c16-8-6-24-14-10(13(21)19(14)11(8)15(22)23)18-12(20)9(17)7-4-2-1-3-5-7;3-1-2(4)5;/h1-5,9-10,14H,6,17H2,(H,18,20)(H,22,23);1,3H2,(H,4,5);1H2/t9-,10-,14-;;/m1../s1. The van der Waals surface area contributed by atoms with Gasteiger partial charge in [-0.1, -0.05) is 41.9 Å². The molecule has 1 saturated heterocycles. The first-order valence-corrected chi connectivity index (χ1v) is 9.71. The summed E-state index contributed by atoms with van der Waals surface area (Å²) < 4.78 is 0. The summed E-state index contributed by atoms with van der Waals surface area (Å²) in [6, 6.07) is 7.07. The summed E-state index contributed by atoms with van der Waals surface area (Å²) in [4.78, 5) is 46.1. The van der Waals surface area contributed by atoms with E-state index in [9.17, 15) is 24.3 Å². The topological polar surface area (TPSA) is 208 Å². The van der Waals surface area contributed by atoms with Gasteiger partial charge in [0, 0.05) is 5.75 Å². The van der Waals surface area contributed by atoms with Gasteiger partial charge in [-0.2, -0.15) is 0 Å². The molecule has 2 aliphatic rings. The molecule has 0 spiro atoms. The summed E-state index contributed by atoms with van der Waals surface area (Å²) in [6.07, 6.45) is 0. The van der Waals surface area contributed by atoms with Gasteiger partial charge in [0.2, 0.25) is 5.91 Å². The van der Waals surface area contributed by atoms with Gasteiger partial charge in [-0.15, -0.1) is 11.8 Å². The first kappa shape index (κ1) is 25.4. The largest absolute Gasteiger partial charge is 0.480 e. The molecule has 0 aliphatic carbocycles. The Bertz CT molecular complexity index is 852. The van der Waals surface area contributed by atoms with Gasteiger partial charge in [0.05, 0.1) is 11.6 Å². The smallest absolute Gasteiger partial charge is 0.353 e. The summed E-state index contributed by atoms with van der Waals surface area (Å²) in [5, 5.41) is 19.0. The van der Waals surface area contributed by atoms with E-state index in [4.69, 9.17) is 22.4 Å². The number of carbonyl (C=O) groups excluding carboxylic acids is 2. The van der Waals surface area contributed by atoms with E-state index in [1.807, 2.05) is 6.07 Å². The lowest BCUT2D eigenvalue weighted by atomic mass is 10.0. The Morgan fingerprint density at radius 1 is 1.27 bits per heavy atom. The molecule has 30 heavy (non-hydrogen) atoms. The number of carboxylic acids is 2. The fourth-order valence-corrected chi connectivity index (χ4v) is 4.19. The van der Waals surface area contributed by atoms with E-state index in [1.165, 1.54) is 11.8 Å². The highest BCUT2D eigenvalue weighted by atomic mass is 35.5. The van der Waals surface area contributed by atoms with Crippen LogP contribution in [0.25, 0.3) is 0 Å². The zero-order valence-electron chi connectivity index (χ0n) is 15.4. The van der Waals surface area contributed by atoms with Gasteiger partial charge >= 0.3 is 11.9 Å². The Hall–Kier alpha value is -2.64. The molecule has 0 saturated carbocycles. The van der Waals surface area contributed by atoms with Crippen LogP contribution in [0.15, 0.2) is 41.1 Å². The van der Waals surface area contributed by atoms with Gasteiger partial charge in [0.15, 0.2) is 0 Å². The number of benzene rings is 1. The molecule has 9 N–H and O–H groups in total. The molecule has 13 heteroatoms. The number of rotatable bonds is 5. The molecule has 164 valence electrons. The lowest BCUT2D eigenvalue weighted by Gasteiger charge is -2.48. The van der Waals surface area contributed by atoms with Crippen molar-refractivity contribution in [3.8, 4) is 0 Å². The van der Waals surface area contributed by atoms with Crippen LogP contribution in [0.4, 0.5) is 0 Å². The van der Waals surface area contributed by atoms with E-state index < -0.39 is 41.2 Å². The molecule has 11 nitrogen and oxygen atoms in total. The Morgan fingerprint density at radius 2 is 1.83 bits per heavy atom. The molecule has 3 rings (SSSR count). The van der Waals surface area contributed by atoms with Crippen LogP contribution in [0.2, 0.25) is 0 Å². The Labute approximate surface area is 180 Å². The SMILES string of the molecule is NCC(=O)O.N[C@@H](C(=O)N[C@@H]1C(=O)N2C(C(=O)O)=C(Cl)CS[C@H]12)c1ccccc1.O. The molecule has 3 atom stereocenters. The average Bonchev–Trinajstić information content (AvgIpc) is 2.71. The van der Waals surface area contributed by atoms with E-state index >= 15 is 0 Å². The number of nitrogens with one attached hydrogen (secondary N) is 1. The van der Waals surface area contributed by atoms with Crippen LogP contribution in [0.3, 0.4) is 0 Å². The average molecular weight is 461 g/mol. The second-order valence-electron chi connectivity index (χ2n) is 5.94. The van der Waals surface area contributed by atoms with Crippen LogP contribution in [0.5, 0.6) is 0 Å². The molecule has 0 radical (unpaired) electrons. The van der Waals surface area contributed by atoms with Crippen molar-refractivity contribution in [1.29, 1.82) is 0 Å². The number of carbonyl (C=O) groups is 4. The number of hydrogen-bond donors (Lipinski definition) is 5. The van der Waals surface area contributed by atoms with Gasteiger partial charge in [0.25, 0.3) is 5.91 Å². The predicted octanol–water partition coefficient (Wildman–Crippen LogP) is -1.17. The number of β-lactam (4-membered cyclic amide) rings is 1.